The number of nitrogens with two attached hydrogens (primary N) is 1. The Kier molecular flexibility index (Phi) is 7.30. The number of carbonyl (C=O) groups excluding carboxylic acids is 2. The number of hydrogen-bond donors (Lipinski definition) is 2. The van der Waals surface area contributed by atoms with Gasteiger partial charge in [-0.3, -0.25) is 19.3 Å². The van der Waals surface area contributed by atoms with Crippen LogP contribution in [0.1, 0.15) is 25.1 Å². The molecular weight excluding hydrogens is 416 g/mol. The molecule has 7 nitrogen and oxygen atoms in total. The molecule has 3 N–H and O–H groups in total. The van der Waals surface area contributed by atoms with Crippen molar-refractivity contribution in [1.29, 1.82) is 0 Å². The van der Waals surface area contributed by atoms with Crippen molar-refractivity contribution in [3.8, 4) is 0 Å². The number of halogens is 1. The molecular formula is C15H19ClN4O3S3. The normalized spacial score (nSPS) is 14.7. The Balaban J connectivity index is 2.30. The highest BCUT2D eigenvalue weighted by Gasteiger charge is 2.23. The summed E-state index contributed by atoms with van der Waals surface area (Å²) in [6, 6.07) is 0.538. The third-order valence-electron chi connectivity index (χ3n) is 3.15. The molecule has 2 amide bonds. The van der Waals surface area contributed by atoms with E-state index in [2.05, 4.69) is 14.1 Å². The van der Waals surface area contributed by atoms with Crippen LogP contribution >= 0.6 is 34.3 Å². The molecule has 0 aliphatic rings. The van der Waals surface area contributed by atoms with Gasteiger partial charge in [-0.25, -0.2) is 4.21 Å². The summed E-state index contributed by atoms with van der Waals surface area (Å²) >= 11 is 8.26. The third-order valence-corrected chi connectivity index (χ3v) is 7.57. The quantitative estimate of drug-likeness (QED) is 0.695. The lowest BCUT2D eigenvalue weighted by atomic mass is 10.0. The van der Waals surface area contributed by atoms with Gasteiger partial charge in [0.1, 0.15) is 4.21 Å². The zero-order valence-corrected chi connectivity index (χ0v) is 17.4. The predicted octanol–water partition coefficient (Wildman–Crippen LogP) is 2.86. The first-order chi connectivity index (χ1) is 12.2. The second-order valence-electron chi connectivity index (χ2n) is 5.95. The van der Waals surface area contributed by atoms with E-state index in [1.165, 1.54) is 17.4 Å². The number of thiophene rings is 1. The van der Waals surface area contributed by atoms with Gasteiger partial charge < -0.3 is 5.73 Å². The second kappa shape index (κ2) is 9.05. The van der Waals surface area contributed by atoms with Crippen LogP contribution in [0.25, 0.3) is 0 Å². The molecule has 0 fully saturated rings. The molecule has 0 aliphatic carbocycles. The summed E-state index contributed by atoms with van der Waals surface area (Å²) in [5, 5.41) is 1.91. The Morgan fingerprint density at radius 1 is 1.42 bits per heavy atom. The van der Waals surface area contributed by atoms with E-state index >= 15 is 0 Å². The van der Waals surface area contributed by atoms with Gasteiger partial charge in [0.25, 0.3) is 5.91 Å². The summed E-state index contributed by atoms with van der Waals surface area (Å²) in [5.74, 6) is -1.07. The molecule has 0 spiro atoms. The number of rotatable bonds is 7. The number of amides is 2. The summed E-state index contributed by atoms with van der Waals surface area (Å²) in [6.45, 7) is 3.83. The lowest BCUT2D eigenvalue weighted by Crippen LogP contribution is -2.35. The van der Waals surface area contributed by atoms with Gasteiger partial charge in [-0.05, 0) is 18.4 Å². The van der Waals surface area contributed by atoms with Crippen LogP contribution in [0.5, 0.6) is 0 Å². The number of nitrogens with zero attached hydrogens (tertiary/aromatic N) is 2. The summed E-state index contributed by atoms with van der Waals surface area (Å²) in [5.41, 5.74) is 7.43. The van der Waals surface area contributed by atoms with E-state index in [0.717, 1.165) is 11.3 Å². The molecule has 0 saturated carbocycles. The van der Waals surface area contributed by atoms with Crippen molar-refractivity contribution in [2.75, 3.05) is 0 Å². The smallest absolute Gasteiger partial charge is 0.272 e. The fourth-order valence-corrected chi connectivity index (χ4v) is 5.69. The van der Waals surface area contributed by atoms with Crippen LogP contribution in [0.2, 0.25) is 5.02 Å². The highest BCUT2D eigenvalue weighted by atomic mass is 35.5. The van der Waals surface area contributed by atoms with E-state index in [0.29, 0.717) is 16.3 Å². The van der Waals surface area contributed by atoms with E-state index in [9.17, 15) is 13.8 Å². The van der Waals surface area contributed by atoms with Crippen LogP contribution in [0.15, 0.2) is 31.7 Å². The highest BCUT2D eigenvalue weighted by molar-refractivity contribution is 7.94. The van der Waals surface area contributed by atoms with Crippen LogP contribution in [0.4, 0.5) is 0 Å². The molecule has 2 aromatic heterocycles. The Labute approximate surface area is 165 Å². The van der Waals surface area contributed by atoms with Gasteiger partial charge in [0.15, 0.2) is 9.92 Å². The number of nitrogens with one attached hydrogen (secondary N) is 1. The van der Waals surface area contributed by atoms with Crippen molar-refractivity contribution in [1.82, 2.24) is 9.71 Å². The van der Waals surface area contributed by atoms with Gasteiger partial charge in [-0.1, -0.05) is 25.4 Å². The Bertz CT molecular complexity index is 886. The lowest BCUT2D eigenvalue weighted by molar-refractivity contribution is -0.119. The van der Waals surface area contributed by atoms with Gasteiger partial charge >= 0.3 is 0 Å². The minimum absolute atomic E-state index is 0.0114. The molecule has 142 valence electrons. The fraction of sp³-hybridized carbons (Fsp3) is 0.400. The summed E-state index contributed by atoms with van der Waals surface area (Å²) in [7, 11) is -3.52. The zero-order valence-electron chi connectivity index (χ0n) is 14.2. The van der Waals surface area contributed by atoms with Crippen molar-refractivity contribution in [3.63, 3.8) is 0 Å². The first kappa shape index (κ1) is 21.0. The number of carbonyl (C=O) groups is 2. The summed E-state index contributed by atoms with van der Waals surface area (Å²) in [4.78, 5) is 29.2. The lowest BCUT2D eigenvalue weighted by Gasteiger charge is -2.13. The largest absolute Gasteiger partial charge is 0.320 e. The Hall–Kier alpha value is -1.33. The van der Waals surface area contributed by atoms with E-state index in [4.69, 9.17) is 17.3 Å². The third kappa shape index (κ3) is 5.85. The molecule has 2 rings (SSSR count). The van der Waals surface area contributed by atoms with Crippen LogP contribution in [-0.4, -0.2) is 27.0 Å². The van der Waals surface area contributed by atoms with Gasteiger partial charge in [0.05, 0.1) is 23.0 Å². The fourth-order valence-electron chi connectivity index (χ4n) is 2.04. The SMILES string of the molecule is CC(C)C[C@H](N)C(=O)N=S(=O)(NC(=O)Cc1cncs1)c1cc(Cl)cs1. The van der Waals surface area contributed by atoms with Crippen molar-refractivity contribution < 1.29 is 13.8 Å². The predicted molar refractivity (Wildman–Crippen MR) is 105 cm³/mol. The molecule has 26 heavy (non-hydrogen) atoms. The molecule has 1 unspecified atom stereocenters. The van der Waals surface area contributed by atoms with E-state index in [-0.39, 0.29) is 16.5 Å². The maximum atomic E-state index is 13.3. The Morgan fingerprint density at radius 2 is 2.15 bits per heavy atom. The maximum absolute atomic E-state index is 13.3. The molecule has 2 atom stereocenters. The Morgan fingerprint density at radius 3 is 2.69 bits per heavy atom. The first-order valence-electron chi connectivity index (χ1n) is 7.68. The summed E-state index contributed by atoms with van der Waals surface area (Å²) < 4.78 is 19.7. The van der Waals surface area contributed by atoms with E-state index in [1.54, 1.807) is 17.1 Å². The molecule has 2 heterocycles. The first-order valence-corrected chi connectivity index (χ1v) is 11.3. The zero-order chi connectivity index (χ0) is 19.3. The van der Waals surface area contributed by atoms with Gasteiger partial charge in [0, 0.05) is 16.5 Å². The molecule has 0 saturated heterocycles. The average Bonchev–Trinajstić information content (AvgIpc) is 3.18. The van der Waals surface area contributed by atoms with Crippen LogP contribution in [0.3, 0.4) is 0 Å². The minimum Gasteiger partial charge on any atom is -0.320 e. The van der Waals surface area contributed by atoms with Crippen LogP contribution < -0.4 is 10.5 Å². The van der Waals surface area contributed by atoms with Gasteiger partial charge in [-0.15, -0.1) is 27.0 Å². The van der Waals surface area contributed by atoms with E-state index in [1.807, 2.05) is 13.8 Å². The maximum Gasteiger partial charge on any atom is 0.272 e. The number of aromatic nitrogens is 1. The van der Waals surface area contributed by atoms with Crippen LogP contribution in [-0.2, 0) is 25.9 Å². The van der Waals surface area contributed by atoms with Crippen LogP contribution in [0, 0.1) is 5.92 Å². The molecule has 0 radical (unpaired) electrons. The van der Waals surface area contributed by atoms with Gasteiger partial charge in [-0.2, -0.15) is 0 Å². The van der Waals surface area contributed by atoms with Crippen molar-refractivity contribution in [2.24, 2.45) is 16.0 Å². The molecule has 0 aromatic carbocycles. The topological polar surface area (TPSA) is 115 Å². The van der Waals surface area contributed by atoms with Crippen molar-refractivity contribution in [3.05, 3.63) is 33.1 Å². The monoisotopic (exact) mass is 434 g/mol. The minimum atomic E-state index is -3.52. The number of thiazole rings is 1. The van der Waals surface area contributed by atoms with Crippen molar-refractivity contribution in [2.45, 2.75) is 36.9 Å². The molecule has 0 aliphatic heterocycles. The van der Waals surface area contributed by atoms with E-state index < -0.39 is 27.8 Å². The average molecular weight is 435 g/mol. The molecule has 2 aromatic rings. The standard InChI is InChI=1S/C15H19ClN4O3S3/c1-9(2)3-12(17)15(22)20-26(23,14-4-10(16)7-24-14)19-13(21)5-11-6-18-8-25-11/h4,6-9,12H,3,5,17H2,1-2H3,(H,19,20,21,22,23)/t12-,26?/m0/s1. The van der Waals surface area contributed by atoms with Crippen molar-refractivity contribution >= 4 is 56.0 Å². The molecule has 0 bridgehead atoms. The number of hydrogen-bond acceptors (Lipinski definition) is 7. The summed E-state index contributed by atoms with van der Waals surface area (Å²) in [6.07, 6.45) is 1.94. The highest BCUT2D eigenvalue weighted by Crippen LogP contribution is 2.25. The molecule has 11 heteroatoms. The second-order valence-corrected chi connectivity index (χ2v) is 10.4. The van der Waals surface area contributed by atoms with Gasteiger partial charge in [0.2, 0.25) is 5.91 Å².